The first-order valence-corrected chi connectivity index (χ1v) is 7.02. The molecule has 1 amide bonds. The number of nitrogens with two attached hydrogens (primary N) is 1. The molecule has 0 aromatic rings. The molecular formula is C11H22N2OS. The van der Waals surface area contributed by atoms with Crippen LogP contribution in [-0.4, -0.2) is 29.5 Å². The Morgan fingerprint density at radius 1 is 1.53 bits per heavy atom. The first-order chi connectivity index (χ1) is 7.24. The van der Waals surface area contributed by atoms with E-state index in [4.69, 9.17) is 5.73 Å². The predicted molar refractivity (Wildman–Crippen MR) is 66.0 cm³/mol. The maximum atomic E-state index is 11.2. The van der Waals surface area contributed by atoms with Gasteiger partial charge in [-0.2, -0.15) is 11.8 Å². The smallest absolute Gasteiger partial charge is 0.234 e. The van der Waals surface area contributed by atoms with E-state index >= 15 is 0 Å². The Balaban J connectivity index is 2.26. The molecule has 1 aliphatic carbocycles. The van der Waals surface area contributed by atoms with Crippen molar-refractivity contribution in [1.29, 1.82) is 0 Å². The van der Waals surface area contributed by atoms with Gasteiger partial charge in [-0.25, -0.2) is 0 Å². The minimum Gasteiger partial charge on any atom is -0.368 e. The van der Waals surface area contributed by atoms with Crippen molar-refractivity contribution in [2.75, 3.05) is 11.5 Å². The van der Waals surface area contributed by atoms with Gasteiger partial charge in [0.15, 0.2) is 0 Å². The summed E-state index contributed by atoms with van der Waals surface area (Å²) in [5, 5.41) is 3.39. The molecule has 1 saturated carbocycles. The Morgan fingerprint density at radius 3 is 2.73 bits per heavy atom. The molecule has 1 atom stereocenters. The number of carbonyl (C=O) groups excluding carboxylic acids is 1. The highest BCUT2D eigenvalue weighted by Crippen LogP contribution is 2.18. The summed E-state index contributed by atoms with van der Waals surface area (Å²) in [5.41, 5.74) is 5.39. The maximum Gasteiger partial charge on any atom is 0.234 e. The van der Waals surface area contributed by atoms with Crippen LogP contribution in [0.4, 0.5) is 0 Å². The van der Waals surface area contributed by atoms with Crippen LogP contribution in [0, 0.1) is 0 Å². The van der Waals surface area contributed by atoms with Gasteiger partial charge in [0.05, 0.1) is 6.04 Å². The van der Waals surface area contributed by atoms with Crippen LogP contribution in [0.5, 0.6) is 0 Å². The molecule has 1 fully saturated rings. The Morgan fingerprint density at radius 2 is 2.20 bits per heavy atom. The fourth-order valence-electron chi connectivity index (χ4n) is 2.03. The molecule has 4 heteroatoms. The number of primary amides is 1. The standard InChI is InChI=1S/C11H22N2OS/c1-2-15-8-7-10(11(12)14)13-9-5-3-4-6-9/h9-10,13H,2-8H2,1H3,(H2,12,14). The average molecular weight is 230 g/mol. The highest BCUT2D eigenvalue weighted by atomic mass is 32.2. The number of rotatable bonds is 7. The van der Waals surface area contributed by atoms with Gasteiger partial charge >= 0.3 is 0 Å². The molecule has 88 valence electrons. The number of amides is 1. The second-order valence-corrected chi connectivity index (χ2v) is 5.48. The van der Waals surface area contributed by atoms with Crippen LogP contribution in [0.25, 0.3) is 0 Å². The molecule has 0 heterocycles. The van der Waals surface area contributed by atoms with Gasteiger partial charge in [0.1, 0.15) is 0 Å². The molecule has 3 N–H and O–H groups in total. The lowest BCUT2D eigenvalue weighted by molar-refractivity contribution is -0.120. The fraction of sp³-hybridized carbons (Fsp3) is 0.909. The second kappa shape index (κ2) is 7.12. The van der Waals surface area contributed by atoms with Crippen molar-refractivity contribution in [3.8, 4) is 0 Å². The third kappa shape index (κ3) is 4.89. The van der Waals surface area contributed by atoms with E-state index < -0.39 is 0 Å². The SMILES string of the molecule is CCSCCC(NC1CCCC1)C(N)=O. The van der Waals surface area contributed by atoms with Crippen LogP contribution in [0.3, 0.4) is 0 Å². The van der Waals surface area contributed by atoms with Gasteiger partial charge in [0, 0.05) is 6.04 Å². The van der Waals surface area contributed by atoms with Crippen molar-refractivity contribution < 1.29 is 4.79 Å². The minimum absolute atomic E-state index is 0.118. The van der Waals surface area contributed by atoms with Gasteiger partial charge in [-0.05, 0) is 30.8 Å². The average Bonchev–Trinajstić information content (AvgIpc) is 2.69. The first kappa shape index (κ1) is 12.8. The zero-order valence-corrected chi connectivity index (χ0v) is 10.3. The molecule has 1 unspecified atom stereocenters. The molecule has 0 radical (unpaired) electrons. The van der Waals surface area contributed by atoms with E-state index in [1.54, 1.807) is 0 Å². The van der Waals surface area contributed by atoms with Crippen LogP contribution < -0.4 is 11.1 Å². The normalized spacial score (nSPS) is 19.3. The molecule has 0 aliphatic heterocycles. The van der Waals surface area contributed by atoms with E-state index in [-0.39, 0.29) is 11.9 Å². The molecule has 15 heavy (non-hydrogen) atoms. The quantitative estimate of drug-likeness (QED) is 0.652. The highest BCUT2D eigenvalue weighted by molar-refractivity contribution is 7.99. The zero-order chi connectivity index (χ0) is 11.1. The van der Waals surface area contributed by atoms with Crippen LogP contribution in [0.1, 0.15) is 39.0 Å². The number of hydrogen-bond donors (Lipinski definition) is 2. The van der Waals surface area contributed by atoms with Crippen molar-refractivity contribution in [1.82, 2.24) is 5.32 Å². The maximum absolute atomic E-state index is 11.2. The van der Waals surface area contributed by atoms with E-state index in [0.717, 1.165) is 17.9 Å². The summed E-state index contributed by atoms with van der Waals surface area (Å²) >= 11 is 1.86. The van der Waals surface area contributed by atoms with E-state index in [1.807, 2.05) is 11.8 Å². The van der Waals surface area contributed by atoms with Crippen LogP contribution >= 0.6 is 11.8 Å². The molecule has 0 bridgehead atoms. The summed E-state index contributed by atoms with van der Waals surface area (Å²) in [6.07, 6.45) is 5.83. The lowest BCUT2D eigenvalue weighted by Gasteiger charge is -2.19. The molecule has 1 aliphatic rings. The van der Waals surface area contributed by atoms with Crippen molar-refractivity contribution >= 4 is 17.7 Å². The summed E-state index contributed by atoms with van der Waals surface area (Å²) in [4.78, 5) is 11.2. The van der Waals surface area contributed by atoms with E-state index in [2.05, 4.69) is 12.2 Å². The van der Waals surface area contributed by atoms with Gasteiger partial charge < -0.3 is 11.1 Å². The van der Waals surface area contributed by atoms with Gasteiger partial charge in [0.25, 0.3) is 0 Å². The Hall–Kier alpha value is -0.220. The summed E-state index contributed by atoms with van der Waals surface area (Å²) < 4.78 is 0. The van der Waals surface area contributed by atoms with Crippen LogP contribution in [-0.2, 0) is 4.79 Å². The molecule has 0 aromatic carbocycles. The molecular weight excluding hydrogens is 208 g/mol. The fourth-order valence-corrected chi connectivity index (χ4v) is 2.72. The predicted octanol–water partition coefficient (Wildman–Crippen LogP) is 1.52. The van der Waals surface area contributed by atoms with Gasteiger partial charge in [0.2, 0.25) is 5.91 Å². The number of thioether (sulfide) groups is 1. The molecule has 0 saturated heterocycles. The molecule has 0 spiro atoms. The lowest BCUT2D eigenvalue weighted by Crippen LogP contribution is -2.45. The van der Waals surface area contributed by atoms with Crippen molar-refractivity contribution in [3.05, 3.63) is 0 Å². The third-order valence-corrected chi connectivity index (χ3v) is 3.82. The van der Waals surface area contributed by atoms with E-state index in [9.17, 15) is 4.79 Å². The summed E-state index contributed by atoms with van der Waals surface area (Å²) in [6.45, 7) is 2.13. The van der Waals surface area contributed by atoms with Gasteiger partial charge in [-0.1, -0.05) is 19.8 Å². The van der Waals surface area contributed by atoms with Crippen LogP contribution in [0.15, 0.2) is 0 Å². The van der Waals surface area contributed by atoms with E-state index in [1.165, 1.54) is 25.7 Å². The summed E-state index contributed by atoms with van der Waals surface area (Å²) in [5.74, 6) is 1.93. The minimum atomic E-state index is -0.196. The van der Waals surface area contributed by atoms with Crippen molar-refractivity contribution in [2.45, 2.75) is 51.1 Å². The monoisotopic (exact) mass is 230 g/mol. The molecule has 1 rings (SSSR count). The molecule has 0 aromatic heterocycles. The topological polar surface area (TPSA) is 55.1 Å². The summed E-state index contributed by atoms with van der Waals surface area (Å²) in [7, 11) is 0. The molecule has 3 nitrogen and oxygen atoms in total. The number of carbonyl (C=O) groups is 1. The number of hydrogen-bond acceptors (Lipinski definition) is 3. The van der Waals surface area contributed by atoms with Crippen molar-refractivity contribution in [2.24, 2.45) is 5.73 Å². The first-order valence-electron chi connectivity index (χ1n) is 5.87. The lowest BCUT2D eigenvalue weighted by atomic mass is 10.1. The third-order valence-electron chi connectivity index (χ3n) is 2.89. The van der Waals surface area contributed by atoms with E-state index in [0.29, 0.717) is 6.04 Å². The van der Waals surface area contributed by atoms with Gasteiger partial charge in [-0.3, -0.25) is 4.79 Å². The second-order valence-electron chi connectivity index (χ2n) is 4.09. The zero-order valence-electron chi connectivity index (χ0n) is 9.50. The largest absolute Gasteiger partial charge is 0.368 e. The van der Waals surface area contributed by atoms with Gasteiger partial charge in [-0.15, -0.1) is 0 Å². The highest BCUT2D eigenvalue weighted by Gasteiger charge is 2.21. The van der Waals surface area contributed by atoms with Crippen LogP contribution in [0.2, 0.25) is 0 Å². The van der Waals surface area contributed by atoms with Crippen molar-refractivity contribution in [3.63, 3.8) is 0 Å². The Kier molecular flexibility index (Phi) is 6.10. The number of nitrogens with one attached hydrogen (secondary N) is 1. The Bertz CT molecular complexity index is 193. The summed E-state index contributed by atoms with van der Waals surface area (Å²) in [6, 6.07) is 0.404. The Labute approximate surface area is 96.6 Å².